The number of rotatable bonds is 4. The quantitative estimate of drug-likeness (QED) is 0.397. The molecule has 0 spiro atoms. The highest BCUT2D eigenvalue weighted by Gasteiger charge is 2.08. The van der Waals surface area contributed by atoms with Gasteiger partial charge in [0.25, 0.3) is 0 Å². The monoisotopic (exact) mass is 186 g/mol. The van der Waals surface area contributed by atoms with E-state index in [9.17, 15) is 4.79 Å². The molecule has 0 saturated carbocycles. The molecule has 0 heterocycles. The van der Waals surface area contributed by atoms with Crippen LogP contribution in [0.1, 0.15) is 34.1 Å². The largest absolute Gasteiger partial charge is 0.477 e. The predicted octanol–water partition coefficient (Wildman–Crippen LogP) is 1.47. The van der Waals surface area contributed by atoms with Gasteiger partial charge >= 0.3 is 5.97 Å². The van der Waals surface area contributed by atoms with Crippen molar-refractivity contribution in [3.63, 3.8) is 0 Å². The van der Waals surface area contributed by atoms with Gasteiger partial charge in [0.05, 0.1) is 0 Å². The van der Waals surface area contributed by atoms with Crippen LogP contribution in [0, 0.1) is 5.41 Å². The molecule has 13 heavy (non-hydrogen) atoms. The van der Waals surface area contributed by atoms with Crippen molar-refractivity contribution in [1.82, 2.24) is 5.43 Å². The van der Waals surface area contributed by atoms with Gasteiger partial charge in [0.2, 0.25) is 0 Å². The lowest BCUT2D eigenvalue weighted by molar-refractivity contribution is -0.129. The van der Waals surface area contributed by atoms with E-state index in [0.717, 1.165) is 6.42 Å². The Morgan fingerprint density at radius 1 is 1.46 bits per heavy atom. The summed E-state index contributed by atoms with van der Waals surface area (Å²) in [6.07, 6.45) is 0.962. The Kier molecular flexibility index (Phi) is 4.45. The van der Waals surface area contributed by atoms with E-state index < -0.39 is 5.97 Å². The Morgan fingerprint density at radius 2 is 2.00 bits per heavy atom. The van der Waals surface area contributed by atoms with Crippen LogP contribution in [0.5, 0.6) is 0 Å². The van der Waals surface area contributed by atoms with Gasteiger partial charge in [-0.2, -0.15) is 5.10 Å². The van der Waals surface area contributed by atoms with Crippen LogP contribution in [0.25, 0.3) is 0 Å². The lowest BCUT2D eigenvalue weighted by Crippen LogP contribution is -2.19. The first kappa shape index (κ1) is 11.9. The van der Waals surface area contributed by atoms with E-state index in [-0.39, 0.29) is 11.1 Å². The number of carbonyl (C=O) groups is 1. The third kappa shape index (κ3) is 7.31. The summed E-state index contributed by atoms with van der Waals surface area (Å²) >= 11 is 0. The Balaban J connectivity index is 3.68. The Hall–Kier alpha value is -1.06. The molecular formula is C9H18N2O2. The third-order valence-electron chi connectivity index (χ3n) is 1.54. The molecule has 0 aliphatic rings. The topological polar surface area (TPSA) is 61.7 Å². The maximum absolute atomic E-state index is 10.3. The Bertz CT molecular complexity index is 204. The fourth-order valence-corrected chi connectivity index (χ4v) is 0.653. The van der Waals surface area contributed by atoms with Crippen molar-refractivity contribution in [2.45, 2.75) is 34.1 Å². The zero-order valence-electron chi connectivity index (χ0n) is 8.72. The molecule has 0 unspecified atom stereocenters. The minimum atomic E-state index is -0.983. The number of carboxylic acid groups (broad SMARTS) is 1. The summed E-state index contributed by atoms with van der Waals surface area (Å²) in [5, 5.41) is 12.2. The molecule has 0 fully saturated rings. The van der Waals surface area contributed by atoms with Gasteiger partial charge in [-0.25, -0.2) is 4.79 Å². The van der Waals surface area contributed by atoms with Gasteiger partial charge in [-0.15, -0.1) is 0 Å². The highest BCUT2D eigenvalue weighted by Crippen LogP contribution is 2.16. The van der Waals surface area contributed by atoms with Crippen molar-refractivity contribution < 1.29 is 9.90 Å². The zero-order chi connectivity index (χ0) is 10.5. The molecule has 0 rings (SSSR count). The fourth-order valence-electron chi connectivity index (χ4n) is 0.653. The Morgan fingerprint density at radius 3 is 2.38 bits per heavy atom. The van der Waals surface area contributed by atoms with Crippen LogP contribution < -0.4 is 5.43 Å². The first-order valence-corrected chi connectivity index (χ1v) is 4.33. The van der Waals surface area contributed by atoms with E-state index >= 15 is 0 Å². The van der Waals surface area contributed by atoms with Crippen LogP contribution in [-0.4, -0.2) is 23.3 Å². The molecule has 0 aliphatic heterocycles. The molecule has 0 saturated heterocycles. The molecule has 76 valence electrons. The molecule has 0 aromatic carbocycles. The lowest BCUT2D eigenvalue weighted by Gasteiger charge is -2.17. The molecule has 0 aliphatic carbocycles. The molecular weight excluding hydrogens is 168 g/mol. The predicted molar refractivity (Wildman–Crippen MR) is 52.8 cm³/mol. The SMILES string of the molecule is C/C(=N\NCCC(C)(C)C)C(=O)O. The number of carboxylic acids is 1. The molecule has 0 aromatic rings. The summed E-state index contributed by atoms with van der Waals surface area (Å²) < 4.78 is 0. The van der Waals surface area contributed by atoms with Crippen molar-refractivity contribution in [3.8, 4) is 0 Å². The second-order valence-electron chi connectivity index (χ2n) is 4.22. The van der Waals surface area contributed by atoms with E-state index in [1.807, 2.05) is 0 Å². The van der Waals surface area contributed by atoms with Crippen LogP contribution >= 0.6 is 0 Å². The summed E-state index contributed by atoms with van der Waals surface area (Å²) in [7, 11) is 0. The van der Waals surface area contributed by atoms with Gasteiger partial charge in [-0.05, 0) is 18.8 Å². The van der Waals surface area contributed by atoms with Gasteiger partial charge < -0.3 is 10.5 Å². The van der Waals surface area contributed by atoms with E-state index in [2.05, 4.69) is 31.3 Å². The van der Waals surface area contributed by atoms with E-state index in [0.29, 0.717) is 6.54 Å². The highest BCUT2D eigenvalue weighted by molar-refractivity contribution is 6.34. The summed E-state index contributed by atoms with van der Waals surface area (Å²) in [5.74, 6) is -0.983. The van der Waals surface area contributed by atoms with Crippen LogP contribution in [0.15, 0.2) is 5.10 Å². The standard InChI is InChI=1S/C9H18N2O2/c1-7(8(12)13)11-10-6-5-9(2,3)4/h10H,5-6H2,1-4H3,(H,12,13)/b11-7+. The van der Waals surface area contributed by atoms with Crippen molar-refractivity contribution in [1.29, 1.82) is 0 Å². The zero-order valence-corrected chi connectivity index (χ0v) is 8.72. The second-order valence-corrected chi connectivity index (χ2v) is 4.22. The van der Waals surface area contributed by atoms with Gasteiger partial charge in [0.15, 0.2) is 0 Å². The molecule has 4 nitrogen and oxygen atoms in total. The maximum atomic E-state index is 10.3. The van der Waals surface area contributed by atoms with E-state index in [1.54, 1.807) is 0 Å². The minimum absolute atomic E-state index is 0.0916. The number of nitrogens with one attached hydrogen (secondary N) is 1. The van der Waals surface area contributed by atoms with Crippen molar-refractivity contribution in [2.24, 2.45) is 10.5 Å². The average molecular weight is 186 g/mol. The normalized spacial score (nSPS) is 12.8. The molecule has 0 amide bonds. The summed E-state index contributed by atoms with van der Waals surface area (Å²) in [4.78, 5) is 10.3. The van der Waals surface area contributed by atoms with Crippen LogP contribution in [-0.2, 0) is 4.79 Å². The summed E-state index contributed by atoms with van der Waals surface area (Å²) in [5.41, 5.74) is 3.07. The number of nitrogens with zero attached hydrogens (tertiary/aromatic N) is 1. The first-order chi connectivity index (χ1) is 5.83. The van der Waals surface area contributed by atoms with Crippen molar-refractivity contribution >= 4 is 11.7 Å². The van der Waals surface area contributed by atoms with Gasteiger partial charge in [-0.3, -0.25) is 0 Å². The fraction of sp³-hybridized carbons (Fsp3) is 0.778. The van der Waals surface area contributed by atoms with Gasteiger partial charge in [-0.1, -0.05) is 20.8 Å². The summed E-state index contributed by atoms with van der Waals surface area (Å²) in [6.45, 7) is 8.55. The molecule has 0 bridgehead atoms. The molecule has 2 N–H and O–H groups in total. The van der Waals surface area contributed by atoms with Gasteiger partial charge in [0.1, 0.15) is 5.71 Å². The Labute approximate surface area is 79.0 Å². The number of hydrogen-bond acceptors (Lipinski definition) is 3. The third-order valence-corrected chi connectivity index (χ3v) is 1.54. The van der Waals surface area contributed by atoms with E-state index in [4.69, 9.17) is 5.11 Å². The van der Waals surface area contributed by atoms with Crippen LogP contribution in [0.2, 0.25) is 0 Å². The second kappa shape index (κ2) is 4.84. The smallest absolute Gasteiger partial charge is 0.351 e. The minimum Gasteiger partial charge on any atom is -0.477 e. The number of hydrogen-bond donors (Lipinski definition) is 2. The lowest BCUT2D eigenvalue weighted by atomic mass is 9.93. The molecule has 4 heteroatoms. The average Bonchev–Trinajstić information content (AvgIpc) is 1.95. The van der Waals surface area contributed by atoms with Crippen LogP contribution in [0.4, 0.5) is 0 Å². The maximum Gasteiger partial charge on any atom is 0.351 e. The first-order valence-electron chi connectivity index (χ1n) is 4.33. The van der Waals surface area contributed by atoms with E-state index in [1.165, 1.54) is 6.92 Å². The number of hydrazone groups is 1. The van der Waals surface area contributed by atoms with Gasteiger partial charge in [0, 0.05) is 6.54 Å². The summed E-state index contributed by atoms with van der Waals surface area (Å²) in [6, 6.07) is 0. The van der Waals surface area contributed by atoms with Crippen molar-refractivity contribution in [2.75, 3.05) is 6.54 Å². The molecule has 0 aromatic heterocycles. The number of aliphatic carboxylic acids is 1. The molecule has 0 radical (unpaired) electrons. The van der Waals surface area contributed by atoms with Crippen LogP contribution in [0.3, 0.4) is 0 Å². The highest BCUT2D eigenvalue weighted by atomic mass is 16.4. The van der Waals surface area contributed by atoms with Crippen molar-refractivity contribution in [3.05, 3.63) is 0 Å². The molecule has 0 atom stereocenters.